The monoisotopic (exact) mass is 235 g/mol. The van der Waals surface area contributed by atoms with Crippen molar-refractivity contribution in [3.63, 3.8) is 0 Å². The zero-order valence-electron chi connectivity index (χ0n) is 8.21. The van der Waals surface area contributed by atoms with Gasteiger partial charge in [0.15, 0.2) is 0 Å². The van der Waals surface area contributed by atoms with Crippen LogP contribution in [-0.2, 0) is 0 Å². The molecule has 0 aliphatic carbocycles. The molecule has 0 bridgehead atoms. The Balaban J connectivity index is 3.03. The minimum atomic E-state index is -2.51. The molecular formula is C10H12ClF2NO. The predicted molar refractivity (Wildman–Crippen MR) is 55.8 cm³/mol. The second kappa shape index (κ2) is 5.28. The van der Waals surface area contributed by atoms with Gasteiger partial charge in [-0.3, -0.25) is 0 Å². The fourth-order valence-electron chi connectivity index (χ4n) is 1.30. The van der Waals surface area contributed by atoms with Crippen LogP contribution in [0.25, 0.3) is 0 Å². The summed E-state index contributed by atoms with van der Waals surface area (Å²) >= 11 is 5.86. The molecule has 1 unspecified atom stereocenters. The summed E-state index contributed by atoms with van der Waals surface area (Å²) in [4.78, 5) is 0. The van der Waals surface area contributed by atoms with Crippen LogP contribution in [0.15, 0.2) is 18.2 Å². The Labute approximate surface area is 92.0 Å². The number of methoxy groups -OCH3 is 1. The third-order valence-corrected chi connectivity index (χ3v) is 2.49. The van der Waals surface area contributed by atoms with Crippen LogP contribution in [0.4, 0.5) is 8.78 Å². The van der Waals surface area contributed by atoms with E-state index in [2.05, 4.69) is 0 Å². The first-order chi connectivity index (χ1) is 7.10. The van der Waals surface area contributed by atoms with E-state index in [1.54, 1.807) is 6.07 Å². The van der Waals surface area contributed by atoms with Crippen molar-refractivity contribution < 1.29 is 13.5 Å². The van der Waals surface area contributed by atoms with Crippen LogP contribution in [0, 0.1) is 0 Å². The van der Waals surface area contributed by atoms with Gasteiger partial charge in [-0.1, -0.05) is 17.7 Å². The van der Waals surface area contributed by atoms with Crippen molar-refractivity contribution in [1.29, 1.82) is 0 Å². The summed E-state index contributed by atoms with van der Waals surface area (Å²) in [5.41, 5.74) is 5.63. The van der Waals surface area contributed by atoms with Crippen molar-refractivity contribution in [2.45, 2.75) is 12.3 Å². The van der Waals surface area contributed by atoms with E-state index in [1.807, 2.05) is 0 Å². The highest BCUT2D eigenvalue weighted by atomic mass is 35.5. The second-order valence-corrected chi connectivity index (χ2v) is 3.47. The van der Waals surface area contributed by atoms with E-state index in [1.165, 1.54) is 19.2 Å². The first-order valence-corrected chi connectivity index (χ1v) is 4.79. The number of nitrogens with two attached hydrogens (primary N) is 1. The van der Waals surface area contributed by atoms with Gasteiger partial charge < -0.3 is 10.5 Å². The van der Waals surface area contributed by atoms with Gasteiger partial charge in [-0.05, 0) is 17.7 Å². The molecule has 1 aromatic rings. The maximum absolute atomic E-state index is 12.6. The Morgan fingerprint density at radius 3 is 2.53 bits per heavy atom. The number of alkyl halides is 2. The molecule has 84 valence electrons. The van der Waals surface area contributed by atoms with E-state index < -0.39 is 12.3 Å². The number of halogens is 3. The molecule has 0 fully saturated rings. The van der Waals surface area contributed by atoms with Crippen LogP contribution in [-0.4, -0.2) is 20.1 Å². The lowest BCUT2D eigenvalue weighted by Gasteiger charge is -2.16. The summed E-state index contributed by atoms with van der Waals surface area (Å²) in [5.74, 6) is -0.489. The van der Waals surface area contributed by atoms with Crippen LogP contribution in [0.1, 0.15) is 11.5 Å². The van der Waals surface area contributed by atoms with Crippen LogP contribution in [0.2, 0.25) is 5.02 Å². The smallest absolute Gasteiger partial charge is 0.246 e. The highest BCUT2D eigenvalue weighted by Gasteiger charge is 2.23. The van der Waals surface area contributed by atoms with Gasteiger partial charge in [-0.2, -0.15) is 0 Å². The van der Waals surface area contributed by atoms with E-state index in [-0.39, 0.29) is 11.6 Å². The van der Waals surface area contributed by atoms with Crippen molar-refractivity contribution in [2.75, 3.05) is 13.7 Å². The number of rotatable bonds is 4. The zero-order chi connectivity index (χ0) is 11.4. The van der Waals surface area contributed by atoms with E-state index in [9.17, 15) is 8.78 Å². The molecule has 2 N–H and O–H groups in total. The summed E-state index contributed by atoms with van der Waals surface area (Å²) in [5, 5.41) is 0.255. The van der Waals surface area contributed by atoms with E-state index in [0.717, 1.165) is 0 Å². The molecule has 0 saturated heterocycles. The molecule has 0 aliphatic heterocycles. The van der Waals surface area contributed by atoms with E-state index >= 15 is 0 Å². The fourth-order valence-corrected chi connectivity index (χ4v) is 1.61. The fraction of sp³-hybridized carbons (Fsp3) is 0.400. The lowest BCUT2D eigenvalue weighted by atomic mass is 9.99. The van der Waals surface area contributed by atoms with Gasteiger partial charge in [-0.25, -0.2) is 8.78 Å². The van der Waals surface area contributed by atoms with Crippen molar-refractivity contribution in [2.24, 2.45) is 5.73 Å². The summed E-state index contributed by atoms with van der Waals surface area (Å²) in [7, 11) is 1.48. The molecule has 2 nitrogen and oxygen atoms in total. The van der Waals surface area contributed by atoms with Crippen LogP contribution < -0.4 is 10.5 Å². The minimum Gasteiger partial charge on any atom is -0.497 e. The molecule has 1 atom stereocenters. The minimum absolute atomic E-state index is 0.135. The number of ether oxygens (including phenoxy) is 1. The zero-order valence-corrected chi connectivity index (χ0v) is 8.97. The molecule has 0 aliphatic rings. The molecular weight excluding hydrogens is 224 g/mol. The second-order valence-electron chi connectivity index (χ2n) is 3.06. The van der Waals surface area contributed by atoms with Crippen molar-refractivity contribution in [3.8, 4) is 5.75 Å². The molecule has 0 heterocycles. The molecule has 0 radical (unpaired) electrons. The molecule has 0 aromatic heterocycles. The quantitative estimate of drug-likeness (QED) is 0.871. The lowest BCUT2D eigenvalue weighted by molar-refractivity contribution is 0.117. The molecule has 15 heavy (non-hydrogen) atoms. The number of hydrogen-bond acceptors (Lipinski definition) is 2. The normalized spacial score (nSPS) is 12.9. The Bertz CT molecular complexity index is 333. The summed E-state index contributed by atoms with van der Waals surface area (Å²) in [6, 6.07) is 4.61. The maximum atomic E-state index is 12.6. The van der Waals surface area contributed by atoms with Crippen LogP contribution in [0.3, 0.4) is 0 Å². The third-order valence-electron chi connectivity index (χ3n) is 2.17. The Morgan fingerprint density at radius 2 is 2.13 bits per heavy atom. The topological polar surface area (TPSA) is 35.2 Å². The third kappa shape index (κ3) is 2.79. The number of hydrogen-bond donors (Lipinski definition) is 1. The van der Waals surface area contributed by atoms with Gasteiger partial charge in [-0.15, -0.1) is 0 Å². The van der Waals surface area contributed by atoms with Crippen molar-refractivity contribution in [1.82, 2.24) is 0 Å². The largest absolute Gasteiger partial charge is 0.497 e. The van der Waals surface area contributed by atoms with Crippen molar-refractivity contribution in [3.05, 3.63) is 28.8 Å². The average molecular weight is 236 g/mol. The average Bonchev–Trinajstić information content (AvgIpc) is 2.20. The Hall–Kier alpha value is -0.870. The van der Waals surface area contributed by atoms with Gasteiger partial charge >= 0.3 is 0 Å². The van der Waals surface area contributed by atoms with Gasteiger partial charge in [0.1, 0.15) is 5.75 Å². The molecule has 1 aromatic carbocycles. The van der Waals surface area contributed by atoms with Gasteiger partial charge in [0.2, 0.25) is 6.43 Å². The SMILES string of the molecule is COc1ccc(C(CN)C(F)F)c(Cl)c1. The first kappa shape index (κ1) is 12.2. The summed E-state index contributed by atoms with van der Waals surface area (Å²) in [6.07, 6.45) is -2.51. The highest BCUT2D eigenvalue weighted by Crippen LogP contribution is 2.31. The van der Waals surface area contributed by atoms with E-state index in [0.29, 0.717) is 11.3 Å². The molecule has 0 spiro atoms. The lowest BCUT2D eigenvalue weighted by Crippen LogP contribution is -2.20. The van der Waals surface area contributed by atoms with Gasteiger partial charge in [0.25, 0.3) is 0 Å². The Kier molecular flexibility index (Phi) is 4.29. The first-order valence-electron chi connectivity index (χ1n) is 4.41. The van der Waals surface area contributed by atoms with Crippen LogP contribution in [0.5, 0.6) is 5.75 Å². The van der Waals surface area contributed by atoms with E-state index in [4.69, 9.17) is 22.1 Å². The maximum Gasteiger partial charge on any atom is 0.246 e. The summed E-state index contributed by atoms with van der Waals surface area (Å²) in [6.45, 7) is -0.135. The number of benzene rings is 1. The molecule has 0 amide bonds. The standard InChI is InChI=1S/C10H12ClF2NO/c1-15-6-2-3-7(9(11)4-6)8(5-14)10(12)13/h2-4,8,10H,5,14H2,1H3. The molecule has 0 saturated carbocycles. The highest BCUT2D eigenvalue weighted by molar-refractivity contribution is 6.31. The Morgan fingerprint density at radius 1 is 1.47 bits per heavy atom. The molecule has 5 heteroatoms. The van der Waals surface area contributed by atoms with Crippen molar-refractivity contribution >= 4 is 11.6 Å². The summed E-state index contributed by atoms with van der Waals surface area (Å²) < 4.78 is 30.1. The van der Waals surface area contributed by atoms with Gasteiger partial charge in [0, 0.05) is 11.6 Å². The molecule has 1 rings (SSSR count). The van der Waals surface area contributed by atoms with Crippen LogP contribution >= 0.6 is 11.6 Å². The van der Waals surface area contributed by atoms with Gasteiger partial charge in [0.05, 0.1) is 13.0 Å². The predicted octanol–water partition coefficient (Wildman–Crippen LogP) is 2.66.